The molecule has 2 nitrogen and oxygen atoms in total. The quantitative estimate of drug-likeness (QED) is 0.570. The second-order valence-electron chi connectivity index (χ2n) is 3.01. The van der Waals surface area contributed by atoms with Gasteiger partial charge in [0, 0.05) is 7.05 Å². The van der Waals surface area contributed by atoms with Crippen LogP contribution >= 0.6 is 0 Å². The Morgan fingerprint density at radius 3 is 3.00 bits per heavy atom. The molecule has 1 aliphatic rings. The smallest absolute Gasteiger partial charge is 0.0976 e. The Hall–Kier alpha value is -0.760. The molecule has 0 aromatic rings. The molecule has 11 heavy (non-hydrogen) atoms. The first-order valence-electron chi connectivity index (χ1n) is 3.97. The molecule has 0 amide bonds. The van der Waals surface area contributed by atoms with Crippen LogP contribution in [-0.4, -0.2) is 25.2 Å². The molecule has 0 aliphatic carbocycles. The summed E-state index contributed by atoms with van der Waals surface area (Å²) >= 11 is 0. The molecular formula is C9H16N2. The Balaban J connectivity index is 2.71. The minimum atomic E-state index is 0.354. The summed E-state index contributed by atoms with van der Waals surface area (Å²) in [6.45, 7) is 2.15. The van der Waals surface area contributed by atoms with Gasteiger partial charge in [0.15, 0.2) is 0 Å². The molecule has 0 bridgehead atoms. The topological polar surface area (TPSA) is 15.3 Å². The van der Waals surface area contributed by atoms with Crippen molar-refractivity contribution in [2.24, 2.45) is 0 Å². The number of likely N-dealkylation sites (N-methyl/N-ethyl adjacent to an activating group) is 2. The van der Waals surface area contributed by atoms with Crippen LogP contribution in [0, 0.1) is 0 Å². The molecule has 0 aromatic carbocycles. The highest BCUT2D eigenvalue weighted by molar-refractivity contribution is 5.10. The second-order valence-corrected chi connectivity index (χ2v) is 3.01. The van der Waals surface area contributed by atoms with Gasteiger partial charge in [-0.05, 0) is 26.6 Å². The summed E-state index contributed by atoms with van der Waals surface area (Å²) < 4.78 is 0. The Bertz CT molecular complexity index is 182. The number of nitrogens with one attached hydrogen (secondary N) is 1. The van der Waals surface area contributed by atoms with E-state index in [1.54, 1.807) is 0 Å². The highest BCUT2D eigenvalue weighted by Gasteiger charge is 2.07. The predicted octanol–water partition coefficient (Wildman–Crippen LogP) is 1.33. The van der Waals surface area contributed by atoms with Crippen LogP contribution in [0.4, 0.5) is 0 Å². The highest BCUT2D eigenvalue weighted by atomic mass is 15.2. The summed E-state index contributed by atoms with van der Waals surface area (Å²) in [5.74, 6) is 0. The van der Waals surface area contributed by atoms with Gasteiger partial charge in [-0.25, -0.2) is 0 Å². The van der Waals surface area contributed by atoms with Gasteiger partial charge in [0.25, 0.3) is 0 Å². The maximum atomic E-state index is 3.21. The molecule has 1 rings (SSSR count). The third-order valence-corrected chi connectivity index (χ3v) is 1.92. The van der Waals surface area contributed by atoms with E-state index >= 15 is 0 Å². The lowest BCUT2D eigenvalue weighted by atomic mass is 10.2. The number of hydrogen-bond donors (Lipinski definition) is 1. The fourth-order valence-corrected chi connectivity index (χ4v) is 1.30. The molecule has 1 aliphatic heterocycles. The number of rotatable bonds is 1. The molecule has 2 heteroatoms. The lowest BCUT2D eigenvalue weighted by Crippen LogP contribution is -2.36. The molecule has 1 N–H and O–H groups in total. The van der Waals surface area contributed by atoms with E-state index in [9.17, 15) is 0 Å². The van der Waals surface area contributed by atoms with Crippen molar-refractivity contribution in [2.75, 3.05) is 14.1 Å². The third-order valence-electron chi connectivity index (χ3n) is 1.92. The molecule has 1 heterocycles. The van der Waals surface area contributed by atoms with Crippen LogP contribution in [-0.2, 0) is 0 Å². The Morgan fingerprint density at radius 2 is 2.36 bits per heavy atom. The van der Waals surface area contributed by atoms with E-state index in [2.05, 4.69) is 42.5 Å². The monoisotopic (exact) mass is 152 g/mol. The summed E-state index contributed by atoms with van der Waals surface area (Å²) in [5.41, 5.74) is 1.40. The van der Waals surface area contributed by atoms with E-state index in [4.69, 9.17) is 0 Å². The normalized spacial score (nSPS) is 24.8. The van der Waals surface area contributed by atoms with Crippen LogP contribution in [0.1, 0.15) is 13.3 Å². The zero-order valence-electron chi connectivity index (χ0n) is 7.46. The van der Waals surface area contributed by atoms with Crippen molar-refractivity contribution in [3.63, 3.8) is 0 Å². The molecule has 0 saturated heterocycles. The van der Waals surface area contributed by atoms with Crippen molar-refractivity contribution in [1.82, 2.24) is 10.2 Å². The zero-order valence-corrected chi connectivity index (χ0v) is 7.46. The molecule has 1 unspecified atom stereocenters. The van der Waals surface area contributed by atoms with E-state index in [1.807, 2.05) is 7.05 Å². The molecular weight excluding hydrogens is 136 g/mol. The first kappa shape index (κ1) is 8.34. The van der Waals surface area contributed by atoms with Crippen molar-refractivity contribution in [1.29, 1.82) is 0 Å². The van der Waals surface area contributed by atoms with Gasteiger partial charge in [-0.2, -0.15) is 0 Å². The van der Waals surface area contributed by atoms with Crippen LogP contribution in [0.25, 0.3) is 0 Å². The van der Waals surface area contributed by atoms with Crippen molar-refractivity contribution < 1.29 is 0 Å². The van der Waals surface area contributed by atoms with Crippen LogP contribution < -0.4 is 5.32 Å². The summed E-state index contributed by atoms with van der Waals surface area (Å²) in [6.07, 6.45) is 8.00. The van der Waals surface area contributed by atoms with Gasteiger partial charge in [0.2, 0.25) is 0 Å². The van der Waals surface area contributed by atoms with Gasteiger partial charge in [0.05, 0.1) is 6.17 Å². The van der Waals surface area contributed by atoms with Gasteiger partial charge in [-0.1, -0.05) is 17.7 Å². The SMILES string of the molecule is CNC1C=CCC(C)=CN1C. The molecule has 0 fully saturated rings. The first-order chi connectivity index (χ1) is 5.24. The van der Waals surface area contributed by atoms with E-state index in [0.717, 1.165) is 6.42 Å². The minimum Gasteiger partial charge on any atom is -0.362 e. The lowest BCUT2D eigenvalue weighted by Gasteiger charge is -2.22. The predicted molar refractivity (Wildman–Crippen MR) is 48.1 cm³/mol. The maximum absolute atomic E-state index is 3.21. The average molecular weight is 152 g/mol. The summed E-state index contributed by atoms with van der Waals surface area (Å²) in [7, 11) is 4.06. The Morgan fingerprint density at radius 1 is 1.64 bits per heavy atom. The van der Waals surface area contributed by atoms with Gasteiger partial charge >= 0.3 is 0 Å². The largest absolute Gasteiger partial charge is 0.362 e. The standard InChI is InChI=1S/C9H16N2/c1-8-5-4-6-9(10-2)11(3)7-8/h4,6-7,9-10H,5H2,1-3H3. The van der Waals surface area contributed by atoms with E-state index in [0.29, 0.717) is 6.17 Å². The van der Waals surface area contributed by atoms with Crippen LogP contribution in [0.5, 0.6) is 0 Å². The van der Waals surface area contributed by atoms with Crippen LogP contribution in [0.2, 0.25) is 0 Å². The van der Waals surface area contributed by atoms with Gasteiger partial charge in [-0.3, -0.25) is 5.32 Å². The first-order valence-corrected chi connectivity index (χ1v) is 3.97. The van der Waals surface area contributed by atoms with E-state index < -0.39 is 0 Å². The molecule has 0 saturated carbocycles. The van der Waals surface area contributed by atoms with Crippen molar-refractivity contribution in [3.8, 4) is 0 Å². The number of nitrogens with zero attached hydrogens (tertiary/aromatic N) is 1. The Labute approximate surface area is 68.6 Å². The third kappa shape index (κ3) is 2.09. The molecule has 62 valence electrons. The van der Waals surface area contributed by atoms with E-state index in [1.165, 1.54) is 5.57 Å². The van der Waals surface area contributed by atoms with Gasteiger partial charge in [-0.15, -0.1) is 0 Å². The fraction of sp³-hybridized carbons (Fsp3) is 0.556. The van der Waals surface area contributed by atoms with Crippen LogP contribution in [0.3, 0.4) is 0 Å². The van der Waals surface area contributed by atoms with Crippen molar-refractivity contribution >= 4 is 0 Å². The molecule has 0 aromatic heterocycles. The fourth-order valence-electron chi connectivity index (χ4n) is 1.30. The second kappa shape index (κ2) is 3.58. The molecule has 0 spiro atoms. The number of hydrogen-bond acceptors (Lipinski definition) is 2. The Kier molecular flexibility index (Phi) is 2.71. The van der Waals surface area contributed by atoms with E-state index in [-0.39, 0.29) is 0 Å². The van der Waals surface area contributed by atoms with Crippen LogP contribution in [0.15, 0.2) is 23.9 Å². The minimum absolute atomic E-state index is 0.354. The lowest BCUT2D eigenvalue weighted by molar-refractivity contribution is 0.346. The summed E-state index contributed by atoms with van der Waals surface area (Å²) in [4.78, 5) is 2.18. The molecule has 0 radical (unpaired) electrons. The highest BCUT2D eigenvalue weighted by Crippen LogP contribution is 2.09. The van der Waals surface area contributed by atoms with Gasteiger partial charge in [0.1, 0.15) is 0 Å². The molecule has 1 atom stereocenters. The summed E-state index contributed by atoms with van der Waals surface area (Å²) in [6, 6.07) is 0. The summed E-state index contributed by atoms with van der Waals surface area (Å²) in [5, 5.41) is 3.21. The number of allylic oxidation sites excluding steroid dienone is 2. The average Bonchev–Trinajstić information content (AvgIpc) is 2.11. The van der Waals surface area contributed by atoms with Crippen molar-refractivity contribution in [3.05, 3.63) is 23.9 Å². The zero-order chi connectivity index (χ0) is 8.27. The maximum Gasteiger partial charge on any atom is 0.0976 e. The van der Waals surface area contributed by atoms with Crippen molar-refractivity contribution in [2.45, 2.75) is 19.5 Å². The van der Waals surface area contributed by atoms with Gasteiger partial charge < -0.3 is 4.90 Å².